The van der Waals surface area contributed by atoms with E-state index in [1.807, 2.05) is 20.8 Å². The largest absolute Gasteiger partial charge is 0.494 e. The van der Waals surface area contributed by atoms with E-state index in [2.05, 4.69) is 25.5 Å². The molecule has 0 saturated heterocycles. The fourth-order valence-corrected chi connectivity index (χ4v) is 4.47. The highest BCUT2D eigenvalue weighted by atomic mass is 35.5. The third-order valence-corrected chi connectivity index (χ3v) is 6.43. The van der Waals surface area contributed by atoms with Gasteiger partial charge in [0.2, 0.25) is 5.13 Å². The number of carbonyl (C=O) groups is 1. The summed E-state index contributed by atoms with van der Waals surface area (Å²) in [5.74, 6) is 0.381. The first-order valence-electron chi connectivity index (χ1n) is 11.5. The molecule has 1 aliphatic carbocycles. The van der Waals surface area contributed by atoms with E-state index in [1.54, 1.807) is 12.1 Å². The molecule has 0 unspecified atom stereocenters. The van der Waals surface area contributed by atoms with Crippen molar-refractivity contribution in [2.24, 2.45) is 5.92 Å². The lowest BCUT2D eigenvalue weighted by molar-refractivity contribution is 0.102. The first kappa shape index (κ1) is 26.7. The number of pyridine rings is 2. The van der Waals surface area contributed by atoms with Crippen molar-refractivity contribution in [1.82, 2.24) is 20.2 Å². The molecule has 0 radical (unpaired) electrons. The van der Waals surface area contributed by atoms with E-state index in [-0.39, 0.29) is 5.15 Å². The van der Waals surface area contributed by atoms with Crippen molar-refractivity contribution in [2.75, 3.05) is 19.0 Å². The standard InChI is InChI=1S/C22H23ClFN5O3S.C2H6/c1-12-7-15(16-8-19(23)26-10-18(16)31-2)17(9-25-12)20(30)27-21-28-29-22(33-21)32-11-13-3-5-14(24)6-4-13;1-2/h7-10,13-14H,3-6,11H2,1-2H3,(H,27,28,30);1-2H3. The maximum absolute atomic E-state index is 13.3. The molecule has 8 nitrogen and oxygen atoms in total. The molecule has 1 saturated carbocycles. The predicted octanol–water partition coefficient (Wildman–Crippen LogP) is 6.15. The Balaban J connectivity index is 0.00000167. The minimum absolute atomic E-state index is 0.275. The zero-order valence-corrected chi connectivity index (χ0v) is 21.7. The number of halogens is 2. The summed E-state index contributed by atoms with van der Waals surface area (Å²) in [4.78, 5) is 21.4. The fourth-order valence-electron chi connectivity index (χ4n) is 3.71. The van der Waals surface area contributed by atoms with Gasteiger partial charge in [0, 0.05) is 23.0 Å². The molecule has 3 aromatic rings. The molecular weight excluding hydrogens is 493 g/mol. The topological polar surface area (TPSA) is 99.1 Å². The van der Waals surface area contributed by atoms with E-state index in [0.717, 1.165) is 29.9 Å². The fraction of sp³-hybridized carbons (Fsp3) is 0.458. The van der Waals surface area contributed by atoms with Crippen LogP contribution in [0.15, 0.2) is 24.5 Å². The number of aryl methyl sites for hydroxylation is 1. The van der Waals surface area contributed by atoms with E-state index < -0.39 is 12.1 Å². The number of ether oxygens (including phenoxy) is 2. The Morgan fingerprint density at radius 1 is 1.14 bits per heavy atom. The molecule has 0 spiro atoms. The predicted molar refractivity (Wildman–Crippen MR) is 135 cm³/mol. The third-order valence-electron chi connectivity index (χ3n) is 5.48. The van der Waals surface area contributed by atoms with Crippen LogP contribution in [-0.4, -0.2) is 46.0 Å². The highest BCUT2D eigenvalue weighted by Crippen LogP contribution is 2.34. The zero-order chi connectivity index (χ0) is 25.4. The molecule has 35 heavy (non-hydrogen) atoms. The molecular formula is C24H29ClFN5O3S. The first-order valence-corrected chi connectivity index (χ1v) is 12.7. The normalized spacial score (nSPS) is 17.2. The minimum Gasteiger partial charge on any atom is -0.494 e. The highest BCUT2D eigenvalue weighted by Gasteiger charge is 2.22. The van der Waals surface area contributed by atoms with Crippen LogP contribution in [0.1, 0.15) is 55.6 Å². The van der Waals surface area contributed by atoms with Gasteiger partial charge in [-0.25, -0.2) is 9.37 Å². The Morgan fingerprint density at radius 2 is 1.89 bits per heavy atom. The van der Waals surface area contributed by atoms with Crippen molar-refractivity contribution in [3.63, 3.8) is 0 Å². The second-order valence-electron chi connectivity index (χ2n) is 7.83. The van der Waals surface area contributed by atoms with Gasteiger partial charge in [0.25, 0.3) is 11.1 Å². The van der Waals surface area contributed by atoms with Gasteiger partial charge in [0.1, 0.15) is 17.1 Å². The number of methoxy groups -OCH3 is 1. The second-order valence-corrected chi connectivity index (χ2v) is 9.16. The molecule has 188 valence electrons. The average molecular weight is 522 g/mol. The summed E-state index contributed by atoms with van der Waals surface area (Å²) < 4.78 is 24.4. The molecule has 1 fully saturated rings. The number of rotatable bonds is 7. The molecule has 1 amide bonds. The van der Waals surface area contributed by atoms with Crippen LogP contribution >= 0.6 is 22.9 Å². The van der Waals surface area contributed by atoms with Crippen LogP contribution in [0.4, 0.5) is 9.52 Å². The summed E-state index contributed by atoms with van der Waals surface area (Å²) in [6.45, 7) is 6.29. The number of alkyl halides is 1. The van der Waals surface area contributed by atoms with Crippen molar-refractivity contribution < 1.29 is 18.7 Å². The molecule has 3 aromatic heterocycles. The molecule has 1 aliphatic rings. The first-order chi connectivity index (χ1) is 16.9. The maximum atomic E-state index is 13.3. The van der Waals surface area contributed by atoms with Crippen LogP contribution in [0.5, 0.6) is 10.9 Å². The molecule has 3 heterocycles. The Hall–Kier alpha value is -2.85. The summed E-state index contributed by atoms with van der Waals surface area (Å²) in [5, 5.41) is 11.7. The van der Waals surface area contributed by atoms with Gasteiger partial charge in [-0.3, -0.25) is 15.1 Å². The number of nitrogens with one attached hydrogen (secondary N) is 1. The summed E-state index contributed by atoms with van der Waals surface area (Å²) >= 11 is 7.22. The number of anilines is 1. The van der Waals surface area contributed by atoms with E-state index in [4.69, 9.17) is 21.1 Å². The molecule has 0 bridgehead atoms. The smallest absolute Gasteiger partial charge is 0.295 e. The third kappa shape index (κ3) is 7.08. The van der Waals surface area contributed by atoms with Gasteiger partial charge in [-0.1, -0.05) is 30.5 Å². The van der Waals surface area contributed by atoms with E-state index in [1.165, 1.54) is 19.5 Å². The van der Waals surface area contributed by atoms with Gasteiger partial charge >= 0.3 is 0 Å². The van der Waals surface area contributed by atoms with Crippen LogP contribution in [0, 0.1) is 12.8 Å². The zero-order valence-electron chi connectivity index (χ0n) is 20.2. The summed E-state index contributed by atoms with van der Waals surface area (Å²) in [5.41, 5.74) is 2.27. The van der Waals surface area contributed by atoms with Gasteiger partial charge in [-0.15, -0.1) is 5.10 Å². The van der Waals surface area contributed by atoms with Gasteiger partial charge < -0.3 is 9.47 Å². The van der Waals surface area contributed by atoms with Crippen molar-refractivity contribution in [2.45, 2.75) is 52.6 Å². The maximum Gasteiger partial charge on any atom is 0.295 e. The van der Waals surface area contributed by atoms with Crippen LogP contribution in [0.25, 0.3) is 11.1 Å². The Morgan fingerprint density at radius 3 is 2.60 bits per heavy atom. The van der Waals surface area contributed by atoms with Crippen molar-refractivity contribution in [3.8, 4) is 22.1 Å². The number of carbonyl (C=O) groups excluding carboxylic acids is 1. The van der Waals surface area contributed by atoms with Crippen LogP contribution in [-0.2, 0) is 0 Å². The highest BCUT2D eigenvalue weighted by molar-refractivity contribution is 7.17. The monoisotopic (exact) mass is 521 g/mol. The second kappa shape index (κ2) is 12.7. The number of hydrogen-bond acceptors (Lipinski definition) is 8. The summed E-state index contributed by atoms with van der Waals surface area (Å²) in [7, 11) is 1.52. The van der Waals surface area contributed by atoms with Gasteiger partial charge in [0.15, 0.2) is 0 Å². The molecule has 0 atom stereocenters. The van der Waals surface area contributed by atoms with Crippen molar-refractivity contribution in [3.05, 3.63) is 40.9 Å². The Bertz CT molecular complexity index is 1140. The minimum atomic E-state index is -0.700. The van der Waals surface area contributed by atoms with Crippen LogP contribution < -0.4 is 14.8 Å². The molecule has 1 N–H and O–H groups in total. The lowest BCUT2D eigenvalue weighted by Crippen LogP contribution is -2.20. The van der Waals surface area contributed by atoms with E-state index >= 15 is 0 Å². The van der Waals surface area contributed by atoms with Crippen LogP contribution in [0.2, 0.25) is 5.15 Å². The average Bonchev–Trinajstić information content (AvgIpc) is 3.32. The molecule has 4 rings (SSSR count). The summed E-state index contributed by atoms with van der Waals surface area (Å²) in [6, 6.07) is 3.42. The van der Waals surface area contributed by atoms with E-state index in [0.29, 0.717) is 58.1 Å². The van der Waals surface area contributed by atoms with Gasteiger partial charge in [-0.05, 0) is 62.0 Å². The van der Waals surface area contributed by atoms with Gasteiger partial charge in [-0.2, -0.15) is 0 Å². The molecule has 11 heteroatoms. The number of hydrogen-bond donors (Lipinski definition) is 1. The number of aromatic nitrogens is 4. The Kier molecular flexibility index (Phi) is 9.73. The lowest BCUT2D eigenvalue weighted by Gasteiger charge is -2.23. The molecule has 0 aromatic carbocycles. The number of amides is 1. The van der Waals surface area contributed by atoms with Crippen molar-refractivity contribution >= 4 is 34.0 Å². The Labute approximate surface area is 213 Å². The van der Waals surface area contributed by atoms with E-state index in [9.17, 15) is 9.18 Å². The SMILES string of the molecule is CC.COc1cnc(Cl)cc1-c1cc(C)ncc1C(=O)Nc1nnc(OCC2CCC(F)CC2)s1. The summed E-state index contributed by atoms with van der Waals surface area (Å²) in [6.07, 6.45) is 5.05. The van der Waals surface area contributed by atoms with Crippen LogP contribution in [0.3, 0.4) is 0 Å². The van der Waals surface area contributed by atoms with Gasteiger partial charge in [0.05, 0.1) is 25.5 Å². The lowest BCUT2D eigenvalue weighted by atomic mass is 9.89. The molecule has 0 aliphatic heterocycles. The quantitative estimate of drug-likeness (QED) is 0.372. The van der Waals surface area contributed by atoms with Crippen molar-refractivity contribution in [1.29, 1.82) is 0 Å². The number of nitrogens with zero attached hydrogens (tertiary/aromatic N) is 4.